The molecule has 3 N–H and O–H groups in total. The van der Waals surface area contributed by atoms with Gasteiger partial charge in [0.1, 0.15) is 11.7 Å². The third kappa shape index (κ3) is 4.36. The zero-order chi connectivity index (χ0) is 17.7. The van der Waals surface area contributed by atoms with Crippen LogP contribution in [0.1, 0.15) is 16.7 Å². The number of nitrogens with zero attached hydrogens (tertiary/aromatic N) is 1. The Labute approximate surface area is 136 Å². The number of benzene rings is 2. The first kappa shape index (κ1) is 17.1. The van der Waals surface area contributed by atoms with Gasteiger partial charge in [0.2, 0.25) is 0 Å². The molecule has 0 spiro atoms. The molecule has 24 heavy (non-hydrogen) atoms. The Morgan fingerprint density at radius 2 is 1.83 bits per heavy atom. The van der Waals surface area contributed by atoms with Crippen LogP contribution in [0.25, 0.3) is 0 Å². The molecule has 4 nitrogen and oxygen atoms in total. The number of alkyl halides is 3. The van der Waals surface area contributed by atoms with Crippen LogP contribution in [0.4, 0.5) is 18.9 Å². The molecule has 7 heteroatoms. The molecule has 0 fully saturated rings. The highest BCUT2D eigenvalue weighted by Crippen LogP contribution is 2.30. The van der Waals surface area contributed by atoms with Crippen molar-refractivity contribution in [2.24, 2.45) is 0 Å². The largest absolute Gasteiger partial charge is 0.416 e. The molecule has 0 radical (unpaired) electrons. The van der Waals surface area contributed by atoms with E-state index in [1.165, 1.54) is 18.2 Å². The van der Waals surface area contributed by atoms with Gasteiger partial charge < -0.3 is 10.6 Å². The summed E-state index contributed by atoms with van der Waals surface area (Å²) >= 11 is 0. The molecule has 0 amide bonds. The quantitative estimate of drug-likeness (QED) is 0.584. The van der Waals surface area contributed by atoms with Crippen molar-refractivity contribution in [3.05, 3.63) is 77.6 Å². The minimum atomic E-state index is -4.43. The van der Waals surface area contributed by atoms with Gasteiger partial charge in [0.15, 0.2) is 0 Å². The zero-order valence-electron chi connectivity index (χ0n) is 12.4. The lowest BCUT2D eigenvalue weighted by atomic mass is 10.1. The summed E-state index contributed by atoms with van der Waals surface area (Å²) < 4.78 is 38.0. The number of hydrogen-bond acceptors (Lipinski definition) is 3. The van der Waals surface area contributed by atoms with Crippen LogP contribution in [-0.4, -0.2) is 5.84 Å². The standard InChI is InChI=1S/C17H13F3N4/c1-11(23-15-7-3-6-14(9-15)17(18,19)20)24-16(22)13-5-2-4-12(8-13)10-21/h2-9,23H,1H2,(H2,22,24). The number of nitriles is 1. The summed E-state index contributed by atoms with van der Waals surface area (Å²) in [5.41, 5.74) is 0.273. The van der Waals surface area contributed by atoms with Crippen molar-refractivity contribution in [1.29, 1.82) is 10.7 Å². The fourth-order valence-corrected chi connectivity index (χ4v) is 1.95. The van der Waals surface area contributed by atoms with E-state index in [4.69, 9.17) is 10.7 Å². The van der Waals surface area contributed by atoms with Gasteiger partial charge in [0, 0.05) is 11.3 Å². The molecule has 0 saturated carbocycles. The number of halogens is 3. The average Bonchev–Trinajstić information content (AvgIpc) is 2.54. The van der Waals surface area contributed by atoms with Crippen molar-refractivity contribution in [3.8, 4) is 6.07 Å². The summed E-state index contributed by atoms with van der Waals surface area (Å²) in [6, 6.07) is 13.0. The van der Waals surface area contributed by atoms with Crippen molar-refractivity contribution < 1.29 is 13.2 Å². The van der Waals surface area contributed by atoms with Crippen LogP contribution < -0.4 is 10.6 Å². The molecule has 0 atom stereocenters. The highest BCUT2D eigenvalue weighted by Gasteiger charge is 2.30. The van der Waals surface area contributed by atoms with Crippen LogP contribution in [0.15, 0.2) is 60.9 Å². The van der Waals surface area contributed by atoms with E-state index in [1.54, 1.807) is 18.2 Å². The Hall–Kier alpha value is -3.27. The lowest BCUT2D eigenvalue weighted by Crippen LogP contribution is -2.26. The topological polar surface area (TPSA) is 71.7 Å². The molecule has 0 aliphatic heterocycles. The van der Waals surface area contributed by atoms with Crippen LogP contribution in [0.3, 0.4) is 0 Å². The third-order valence-corrected chi connectivity index (χ3v) is 3.04. The maximum Gasteiger partial charge on any atom is 0.416 e. The predicted molar refractivity (Wildman–Crippen MR) is 85.3 cm³/mol. The Morgan fingerprint density at radius 1 is 1.12 bits per heavy atom. The molecular formula is C17H13F3N4. The van der Waals surface area contributed by atoms with E-state index < -0.39 is 11.7 Å². The second-order valence-electron chi connectivity index (χ2n) is 4.87. The van der Waals surface area contributed by atoms with E-state index in [9.17, 15) is 13.2 Å². The first-order valence-electron chi connectivity index (χ1n) is 6.79. The van der Waals surface area contributed by atoms with E-state index in [0.29, 0.717) is 11.1 Å². The fraction of sp³-hybridized carbons (Fsp3) is 0.0588. The van der Waals surface area contributed by atoms with E-state index >= 15 is 0 Å². The average molecular weight is 330 g/mol. The van der Waals surface area contributed by atoms with E-state index in [1.807, 2.05) is 6.07 Å². The molecule has 2 rings (SSSR count). The van der Waals surface area contributed by atoms with E-state index in [2.05, 4.69) is 17.2 Å². The molecule has 0 aliphatic carbocycles. The predicted octanol–water partition coefficient (Wildman–Crippen LogP) is 4.08. The monoisotopic (exact) mass is 330 g/mol. The Kier molecular flexibility index (Phi) is 4.90. The molecule has 0 bridgehead atoms. The highest BCUT2D eigenvalue weighted by atomic mass is 19.4. The van der Waals surface area contributed by atoms with Gasteiger partial charge in [0.25, 0.3) is 0 Å². The fourth-order valence-electron chi connectivity index (χ4n) is 1.95. The van der Waals surface area contributed by atoms with Crippen molar-refractivity contribution in [3.63, 3.8) is 0 Å². The normalized spacial score (nSPS) is 10.6. The van der Waals surface area contributed by atoms with Crippen LogP contribution in [-0.2, 0) is 6.18 Å². The summed E-state index contributed by atoms with van der Waals surface area (Å²) in [5, 5.41) is 22.1. The van der Waals surface area contributed by atoms with Crippen LogP contribution >= 0.6 is 0 Å². The Balaban J connectivity index is 2.05. The van der Waals surface area contributed by atoms with Gasteiger partial charge in [0.05, 0.1) is 17.2 Å². The smallest absolute Gasteiger partial charge is 0.342 e. The second kappa shape index (κ2) is 6.87. The van der Waals surface area contributed by atoms with Crippen LogP contribution in [0, 0.1) is 16.7 Å². The Morgan fingerprint density at radius 3 is 2.50 bits per heavy atom. The number of nitrogens with one attached hydrogen (secondary N) is 3. The summed E-state index contributed by atoms with van der Waals surface area (Å²) in [5.74, 6) is 0.110. The van der Waals surface area contributed by atoms with Gasteiger partial charge in [-0.1, -0.05) is 24.8 Å². The Bertz CT molecular complexity index is 819. The van der Waals surface area contributed by atoms with Crippen molar-refractivity contribution >= 4 is 11.5 Å². The van der Waals surface area contributed by atoms with Gasteiger partial charge in [-0.05, 0) is 30.3 Å². The lowest BCUT2D eigenvalue weighted by molar-refractivity contribution is -0.137. The van der Waals surface area contributed by atoms with Crippen molar-refractivity contribution in [2.75, 3.05) is 5.32 Å². The minimum absolute atomic E-state index is 0.0309. The first-order chi connectivity index (χ1) is 11.3. The molecule has 0 heterocycles. The zero-order valence-corrected chi connectivity index (χ0v) is 12.4. The molecule has 2 aromatic rings. The summed E-state index contributed by atoms with van der Waals surface area (Å²) in [4.78, 5) is 0. The van der Waals surface area contributed by atoms with Crippen LogP contribution in [0.5, 0.6) is 0 Å². The van der Waals surface area contributed by atoms with Gasteiger partial charge in [-0.25, -0.2) is 0 Å². The first-order valence-corrected chi connectivity index (χ1v) is 6.79. The van der Waals surface area contributed by atoms with Gasteiger partial charge in [-0.15, -0.1) is 0 Å². The molecule has 0 saturated heterocycles. The molecule has 0 aliphatic rings. The van der Waals surface area contributed by atoms with Crippen molar-refractivity contribution in [2.45, 2.75) is 6.18 Å². The van der Waals surface area contributed by atoms with Gasteiger partial charge in [-0.3, -0.25) is 5.41 Å². The van der Waals surface area contributed by atoms with Crippen LogP contribution in [0.2, 0.25) is 0 Å². The number of hydrogen-bond donors (Lipinski definition) is 3. The molecule has 0 aromatic heterocycles. The van der Waals surface area contributed by atoms with E-state index in [0.717, 1.165) is 12.1 Å². The highest BCUT2D eigenvalue weighted by molar-refractivity contribution is 5.97. The van der Waals surface area contributed by atoms with Crippen molar-refractivity contribution in [1.82, 2.24) is 5.32 Å². The molecular weight excluding hydrogens is 317 g/mol. The maximum atomic E-state index is 12.7. The number of amidine groups is 1. The molecule has 0 unspecified atom stereocenters. The summed E-state index contributed by atoms with van der Waals surface area (Å²) in [6.45, 7) is 3.64. The SMILES string of the molecule is C=C(NC(=N)c1cccc(C#N)c1)Nc1cccc(C(F)(F)F)c1. The van der Waals surface area contributed by atoms with E-state index in [-0.39, 0.29) is 17.3 Å². The maximum absolute atomic E-state index is 12.7. The number of anilines is 1. The molecule has 2 aromatic carbocycles. The minimum Gasteiger partial charge on any atom is -0.342 e. The lowest BCUT2D eigenvalue weighted by Gasteiger charge is -2.14. The summed E-state index contributed by atoms with van der Waals surface area (Å²) in [6.07, 6.45) is -4.43. The molecule has 122 valence electrons. The number of rotatable bonds is 4. The summed E-state index contributed by atoms with van der Waals surface area (Å²) in [7, 11) is 0. The van der Waals surface area contributed by atoms with Gasteiger partial charge >= 0.3 is 6.18 Å². The third-order valence-electron chi connectivity index (χ3n) is 3.04. The second-order valence-corrected chi connectivity index (χ2v) is 4.87. The van der Waals surface area contributed by atoms with Gasteiger partial charge in [-0.2, -0.15) is 18.4 Å².